The van der Waals surface area contributed by atoms with Crippen LogP contribution in [0.25, 0.3) is 0 Å². The highest BCUT2D eigenvalue weighted by Gasteiger charge is 2.30. The Morgan fingerprint density at radius 1 is 1.17 bits per heavy atom. The van der Waals surface area contributed by atoms with Gasteiger partial charge in [0, 0.05) is 0 Å². The molecule has 3 N–H and O–H groups in total. The fourth-order valence-electron chi connectivity index (χ4n) is 3.26. The van der Waals surface area contributed by atoms with E-state index in [9.17, 15) is 4.39 Å². The summed E-state index contributed by atoms with van der Waals surface area (Å²) in [5, 5.41) is 7.70. The zero-order chi connectivity index (χ0) is 16.7. The average Bonchev–Trinajstić information content (AvgIpc) is 2.94. The maximum absolute atomic E-state index is 13.2. The summed E-state index contributed by atoms with van der Waals surface area (Å²) in [6.07, 6.45) is 0.783. The van der Waals surface area contributed by atoms with Gasteiger partial charge >= 0.3 is 0 Å². The van der Waals surface area contributed by atoms with Crippen LogP contribution in [0.3, 0.4) is 0 Å². The summed E-state index contributed by atoms with van der Waals surface area (Å²) in [7, 11) is 0. The number of fused-ring (bicyclic) bond motifs is 1. The summed E-state index contributed by atoms with van der Waals surface area (Å²) in [5.41, 5.74) is 9.17. The van der Waals surface area contributed by atoms with Gasteiger partial charge < -0.3 is 11.1 Å². The zero-order valence-electron chi connectivity index (χ0n) is 13.3. The first kappa shape index (κ1) is 14.7. The molecule has 0 fully saturated rings. The largest absolute Gasteiger partial charge is 0.366 e. The average molecular weight is 323 g/mol. The molecule has 1 aliphatic rings. The van der Waals surface area contributed by atoms with Gasteiger partial charge in [-0.1, -0.05) is 42.0 Å². The number of rotatable bonds is 2. The second-order valence-electron chi connectivity index (χ2n) is 6.15. The van der Waals surface area contributed by atoms with E-state index in [4.69, 9.17) is 5.73 Å². The van der Waals surface area contributed by atoms with Crippen molar-refractivity contribution in [1.29, 1.82) is 0 Å². The van der Waals surface area contributed by atoms with E-state index < -0.39 is 0 Å². The topological polar surface area (TPSA) is 68.8 Å². The number of nitrogen functional groups attached to an aromatic ring is 1. The summed E-state index contributed by atoms with van der Waals surface area (Å²) in [4.78, 5) is 4.29. The van der Waals surface area contributed by atoms with Crippen LogP contribution in [-0.4, -0.2) is 14.8 Å². The third-order valence-electron chi connectivity index (χ3n) is 4.40. The van der Waals surface area contributed by atoms with Crippen molar-refractivity contribution in [2.45, 2.75) is 25.4 Å². The predicted octanol–water partition coefficient (Wildman–Crippen LogP) is 3.45. The number of hydrogen-bond acceptors (Lipinski definition) is 4. The minimum atomic E-state index is -0.239. The van der Waals surface area contributed by atoms with Crippen LogP contribution < -0.4 is 11.1 Å². The van der Waals surface area contributed by atoms with Gasteiger partial charge in [0.15, 0.2) is 0 Å². The molecule has 0 aliphatic carbocycles. The molecular weight excluding hydrogens is 305 g/mol. The highest BCUT2D eigenvalue weighted by atomic mass is 19.1. The van der Waals surface area contributed by atoms with E-state index in [-0.39, 0.29) is 23.8 Å². The van der Waals surface area contributed by atoms with Crippen LogP contribution in [-0.2, 0) is 0 Å². The second-order valence-corrected chi connectivity index (χ2v) is 6.15. The molecule has 0 saturated heterocycles. The van der Waals surface area contributed by atoms with Gasteiger partial charge in [-0.3, -0.25) is 0 Å². The van der Waals surface area contributed by atoms with Gasteiger partial charge in [0.25, 0.3) is 0 Å². The SMILES string of the molecule is Cc1cccc([C@H]2C[C@@H](c3ccc(F)cc3)Nc3nc(N)nn32)c1. The number of halogens is 1. The minimum Gasteiger partial charge on any atom is -0.366 e. The molecule has 0 saturated carbocycles. The van der Waals surface area contributed by atoms with Crippen LogP contribution in [0.1, 0.15) is 35.2 Å². The number of anilines is 2. The first-order chi connectivity index (χ1) is 11.6. The maximum atomic E-state index is 13.2. The number of nitrogens with two attached hydrogens (primary N) is 1. The molecule has 3 aromatic rings. The third kappa shape index (κ3) is 2.60. The van der Waals surface area contributed by atoms with E-state index in [2.05, 4.69) is 40.5 Å². The summed E-state index contributed by atoms with van der Waals surface area (Å²) in [6.45, 7) is 2.07. The molecule has 6 heteroatoms. The van der Waals surface area contributed by atoms with Crippen LogP contribution >= 0.6 is 0 Å². The lowest BCUT2D eigenvalue weighted by atomic mass is 9.93. The first-order valence-electron chi connectivity index (χ1n) is 7.91. The smallest absolute Gasteiger partial charge is 0.241 e. The zero-order valence-corrected chi connectivity index (χ0v) is 13.3. The Kier molecular flexibility index (Phi) is 3.45. The Balaban J connectivity index is 1.76. The Bertz CT molecular complexity index is 871. The number of benzene rings is 2. The van der Waals surface area contributed by atoms with Crippen molar-refractivity contribution < 1.29 is 4.39 Å². The third-order valence-corrected chi connectivity index (χ3v) is 4.40. The first-order valence-corrected chi connectivity index (χ1v) is 7.91. The van der Waals surface area contributed by atoms with Gasteiger partial charge in [-0.2, -0.15) is 4.98 Å². The van der Waals surface area contributed by atoms with Crippen LogP contribution in [0, 0.1) is 12.7 Å². The summed E-state index contributed by atoms with van der Waals surface area (Å²) >= 11 is 0. The Morgan fingerprint density at radius 2 is 1.96 bits per heavy atom. The van der Waals surface area contributed by atoms with Crippen molar-refractivity contribution in [2.24, 2.45) is 0 Å². The molecule has 122 valence electrons. The van der Waals surface area contributed by atoms with Gasteiger partial charge in [-0.25, -0.2) is 9.07 Å². The van der Waals surface area contributed by atoms with Gasteiger partial charge in [0.2, 0.25) is 11.9 Å². The number of aromatic nitrogens is 3. The highest BCUT2D eigenvalue weighted by Crippen LogP contribution is 2.38. The maximum Gasteiger partial charge on any atom is 0.241 e. The van der Waals surface area contributed by atoms with Gasteiger partial charge in [-0.05, 0) is 36.6 Å². The monoisotopic (exact) mass is 323 g/mol. The van der Waals surface area contributed by atoms with Crippen molar-refractivity contribution in [3.05, 3.63) is 71.0 Å². The normalized spacial score (nSPS) is 19.6. The molecule has 0 radical (unpaired) electrons. The number of aryl methyl sites for hydroxylation is 1. The minimum absolute atomic E-state index is 0.0206. The van der Waals surface area contributed by atoms with E-state index in [0.29, 0.717) is 5.95 Å². The van der Waals surface area contributed by atoms with Crippen LogP contribution in [0.15, 0.2) is 48.5 Å². The molecule has 4 rings (SSSR count). The van der Waals surface area contributed by atoms with Crippen molar-refractivity contribution in [2.75, 3.05) is 11.1 Å². The fraction of sp³-hybridized carbons (Fsp3) is 0.222. The molecule has 0 bridgehead atoms. The molecule has 24 heavy (non-hydrogen) atoms. The quantitative estimate of drug-likeness (QED) is 0.758. The molecule has 0 unspecified atom stereocenters. The molecule has 2 aromatic carbocycles. The number of hydrogen-bond donors (Lipinski definition) is 2. The highest BCUT2D eigenvalue weighted by molar-refractivity contribution is 5.42. The lowest BCUT2D eigenvalue weighted by Gasteiger charge is -2.31. The van der Waals surface area contributed by atoms with Crippen LogP contribution in [0.4, 0.5) is 16.3 Å². The molecule has 0 amide bonds. The Labute approximate surface area is 139 Å². The van der Waals surface area contributed by atoms with Crippen molar-refractivity contribution in [1.82, 2.24) is 14.8 Å². The van der Waals surface area contributed by atoms with Crippen molar-refractivity contribution in [3.8, 4) is 0 Å². The van der Waals surface area contributed by atoms with Crippen LogP contribution in [0.2, 0.25) is 0 Å². The van der Waals surface area contributed by atoms with Gasteiger partial charge in [0.05, 0.1) is 12.1 Å². The van der Waals surface area contributed by atoms with E-state index in [1.165, 1.54) is 17.7 Å². The second kappa shape index (κ2) is 5.63. The summed E-state index contributed by atoms with van der Waals surface area (Å²) < 4.78 is 15.1. The van der Waals surface area contributed by atoms with Gasteiger partial charge in [-0.15, -0.1) is 5.10 Å². The molecule has 0 spiro atoms. The summed E-state index contributed by atoms with van der Waals surface area (Å²) in [6, 6.07) is 15.0. The molecule has 5 nitrogen and oxygen atoms in total. The molecule has 1 aromatic heterocycles. The standard InChI is InChI=1S/C18H18FN5/c1-11-3-2-4-13(9-11)16-10-15(12-5-7-14(19)8-6-12)21-18-22-17(20)23-24(16)18/h2-9,15-16H,10H2,1H3,(H3,20,21,22,23)/t15-,16+/m0/s1. The Hall–Kier alpha value is -2.89. The van der Waals surface area contributed by atoms with E-state index in [1.54, 1.807) is 12.1 Å². The molecule has 1 aliphatic heterocycles. The fourth-order valence-corrected chi connectivity index (χ4v) is 3.26. The lowest BCUT2D eigenvalue weighted by molar-refractivity contribution is 0.431. The summed E-state index contributed by atoms with van der Waals surface area (Å²) in [5.74, 6) is 0.645. The van der Waals surface area contributed by atoms with E-state index in [0.717, 1.165) is 17.5 Å². The molecule has 2 atom stereocenters. The number of nitrogens with one attached hydrogen (secondary N) is 1. The lowest BCUT2D eigenvalue weighted by Crippen LogP contribution is -2.28. The Morgan fingerprint density at radius 3 is 2.71 bits per heavy atom. The van der Waals surface area contributed by atoms with E-state index >= 15 is 0 Å². The van der Waals surface area contributed by atoms with Crippen LogP contribution in [0.5, 0.6) is 0 Å². The van der Waals surface area contributed by atoms with Crippen molar-refractivity contribution in [3.63, 3.8) is 0 Å². The molecule has 2 heterocycles. The van der Waals surface area contributed by atoms with Crippen molar-refractivity contribution >= 4 is 11.9 Å². The predicted molar refractivity (Wildman–Crippen MR) is 91.1 cm³/mol. The molecular formula is C18H18FN5. The number of nitrogens with zero attached hydrogens (tertiary/aromatic N) is 3. The van der Waals surface area contributed by atoms with E-state index in [1.807, 2.05) is 10.7 Å². The van der Waals surface area contributed by atoms with Gasteiger partial charge in [0.1, 0.15) is 5.82 Å².